The highest BCUT2D eigenvalue weighted by molar-refractivity contribution is 14.1. The van der Waals surface area contributed by atoms with Gasteiger partial charge >= 0.3 is 0 Å². The third-order valence-electron chi connectivity index (χ3n) is 4.15. The Bertz CT molecular complexity index is 773. The molecule has 0 saturated carbocycles. The number of para-hydroxylation sites is 2. The number of nitrogens with zero attached hydrogens (tertiary/aromatic N) is 1. The summed E-state index contributed by atoms with van der Waals surface area (Å²) < 4.78 is 0.859. The van der Waals surface area contributed by atoms with E-state index < -0.39 is 0 Å². The molecule has 0 atom stereocenters. The van der Waals surface area contributed by atoms with E-state index in [1.54, 1.807) is 6.07 Å². The van der Waals surface area contributed by atoms with Gasteiger partial charge in [0.15, 0.2) is 0 Å². The number of hydrogen-bond acceptors (Lipinski definition) is 3. The second-order valence-corrected chi connectivity index (χ2v) is 7.08. The van der Waals surface area contributed by atoms with E-state index >= 15 is 0 Å². The number of benzene rings is 2. The Kier molecular flexibility index (Phi) is 5.91. The fraction of sp³-hybridized carbons (Fsp3) is 0.263. The topological polar surface area (TPSA) is 61.4 Å². The number of amides is 2. The normalized spacial score (nSPS) is 13.6. The number of anilines is 2. The molecule has 2 aromatic rings. The van der Waals surface area contributed by atoms with E-state index in [4.69, 9.17) is 0 Å². The van der Waals surface area contributed by atoms with E-state index in [0.29, 0.717) is 5.56 Å². The Hall–Kier alpha value is -2.09. The molecule has 0 unspecified atom stereocenters. The number of hydrogen-bond donors (Lipinski definition) is 2. The summed E-state index contributed by atoms with van der Waals surface area (Å²) in [5, 5.41) is 5.59. The average molecular weight is 449 g/mol. The number of nitrogens with one attached hydrogen (secondary N) is 2. The van der Waals surface area contributed by atoms with E-state index in [2.05, 4.69) is 38.1 Å². The van der Waals surface area contributed by atoms with Crippen molar-refractivity contribution in [1.82, 2.24) is 5.32 Å². The second-order valence-electron chi connectivity index (χ2n) is 5.92. The van der Waals surface area contributed by atoms with Crippen LogP contribution in [0.3, 0.4) is 0 Å². The van der Waals surface area contributed by atoms with Crippen molar-refractivity contribution in [1.29, 1.82) is 0 Å². The molecule has 25 heavy (non-hydrogen) atoms. The highest BCUT2D eigenvalue weighted by atomic mass is 127. The standard InChI is InChI=1S/C19H20IN3O2/c20-15-8-2-1-7-14(15)19(25)21-13-18(24)22-16-9-3-4-10-17(16)23-11-5-6-12-23/h1-4,7-10H,5-6,11-13H2,(H,21,25)(H,22,24). The number of carbonyl (C=O) groups excluding carboxylic acids is 2. The highest BCUT2D eigenvalue weighted by Gasteiger charge is 2.17. The van der Waals surface area contributed by atoms with E-state index in [-0.39, 0.29) is 18.4 Å². The molecule has 2 aromatic carbocycles. The summed E-state index contributed by atoms with van der Waals surface area (Å²) in [6, 6.07) is 15.1. The molecule has 1 aliphatic rings. The van der Waals surface area contributed by atoms with Gasteiger partial charge in [0.25, 0.3) is 5.91 Å². The van der Waals surface area contributed by atoms with Crippen molar-refractivity contribution in [3.8, 4) is 0 Å². The molecule has 130 valence electrons. The van der Waals surface area contributed by atoms with Crippen LogP contribution < -0.4 is 15.5 Å². The van der Waals surface area contributed by atoms with Gasteiger partial charge < -0.3 is 15.5 Å². The van der Waals surface area contributed by atoms with E-state index in [9.17, 15) is 9.59 Å². The molecular formula is C19H20IN3O2. The molecule has 2 amide bonds. The van der Waals surface area contributed by atoms with Crippen LogP contribution >= 0.6 is 22.6 Å². The van der Waals surface area contributed by atoms with Gasteiger partial charge in [0, 0.05) is 16.7 Å². The zero-order chi connectivity index (χ0) is 17.6. The van der Waals surface area contributed by atoms with Gasteiger partial charge in [-0.3, -0.25) is 9.59 Å². The molecule has 0 aromatic heterocycles. The van der Waals surface area contributed by atoms with Gasteiger partial charge in [0.05, 0.1) is 23.5 Å². The van der Waals surface area contributed by atoms with Gasteiger partial charge in [0.2, 0.25) is 5.91 Å². The van der Waals surface area contributed by atoms with Crippen LogP contribution in [-0.2, 0) is 4.79 Å². The van der Waals surface area contributed by atoms with Crippen LogP contribution in [0.5, 0.6) is 0 Å². The molecule has 2 N–H and O–H groups in total. The van der Waals surface area contributed by atoms with Gasteiger partial charge in [-0.1, -0.05) is 24.3 Å². The molecule has 0 aliphatic carbocycles. The maximum Gasteiger partial charge on any atom is 0.252 e. The summed E-state index contributed by atoms with van der Waals surface area (Å²) >= 11 is 2.11. The minimum absolute atomic E-state index is 0.0574. The van der Waals surface area contributed by atoms with Gasteiger partial charge in [-0.2, -0.15) is 0 Å². The predicted octanol–water partition coefficient (Wildman–Crippen LogP) is 3.26. The van der Waals surface area contributed by atoms with Crippen LogP contribution in [0.15, 0.2) is 48.5 Å². The van der Waals surface area contributed by atoms with Gasteiger partial charge in [0.1, 0.15) is 0 Å². The maximum atomic E-state index is 12.3. The molecule has 1 saturated heterocycles. The molecular weight excluding hydrogens is 429 g/mol. The van der Waals surface area contributed by atoms with Gasteiger partial charge in [-0.15, -0.1) is 0 Å². The molecule has 0 spiro atoms. The van der Waals surface area contributed by atoms with E-state index in [1.807, 2.05) is 42.5 Å². The lowest BCUT2D eigenvalue weighted by Gasteiger charge is -2.21. The van der Waals surface area contributed by atoms with E-state index in [0.717, 1.165) is 28.0 Å². The van der Waals surface area contributed by atoms with Gasteiger partial charge in [-0.25, -0.2) is 0 Å². The van der Waals surface area contributed by atoms with Crippen LogP contribution in [0.1, 0.15) is 23.2 Å². The Morgan fingerprint density at radius 1 is 1.00 bits per heavy atom. The fourth-order valence-electron chi connectivity index (χ4n) is 2.91. The van der Waals surface area contributed by atoms with Crippen LogP contribution in [0.4, 0.5) is 11.4 Å². The second kappa shape index (κ2) is 8.33. The number of carbonyl (C=O) groups is 2. The Labute approximate surface area is 160 Å². The fourth-order valence-corrected chi connectivity index (χ4v) is 3.54. The number of rotatable bonds is 5. The van der Waals surface area contributed by atoms with E-state index in [1.165, 1.54) is 12.8 Å². The summed E-state index contributed by atoms with van der Waals surface area (Å²) in [6.45, 7) is 1.96. The quantitative estimate of drug-likeness (QED) is 0.690. The summed E-state index contributed by atoms with van der Waals surface area (Å²) in [5.41, 5.74) is 2.41. The first-order valence-corrected chi connectivity index (χ1v) is 9.39. The van der Waals surface area contributed by atoms with Crippen LogP contribution in [-0.4, -0.2) is 31.4 Å². The maximum absolute atomic E-state index is 12.3. The monoisotopic (exact) mass is 449 g/mol. The lowest BCUT2D eigenvalue weighted by Crippen LogP contribution is -2.33. The highest BCUT2D eigenvalue weighted by Crippen LogP contribution is 2.28. The first kappa shape index (κ1) is 17.7. The van der Waals surface area contributed by atoms with Crippen LogP contribution in [0.25, 0.3) is 0 Å². The lowest BCUT2D eigenvalue weighted by molar-refractivity contribution is -0.115. The van der Waals surface area contributed by atoms with Crippen molar-refractivity contribution in [2.45, 2.75) is 12.8 Å². The molecule has 1 aliphatic heterocycles. The van der Waals surface area contributed by atoms with Crippen molar-refractivity contribution in [2.75, 3.05) is 29.9 Å². The summed E-state index contributed by atoms with van der Waals surface area (Å²) in [4.78, 5) is 26.7. The average Bonchev–Trinajstić information content (AvgIpc) is 3.15. The van der Waals surface area contributed by atoms with Crippen molar-refractivity contribution in [2.24, 2.45) is 0 Å². The van der Waals surface area contributed by atoms with Crippen molar-refractivity contribution in [3.63, 3.8) is 0 Å². The molecule has 1 heterocycles. The summed E-state index contributed by atoms with van der Waals surface area (Å²) in [7, 11) is 0. The van der Waals surface area contributed by atoms with Gasteiger partial charge in [-0.05, 0) is 59.7 Å². The largest absolute Gasteiger partial charge is 0.370 e. The van der Waals surface area contributed by atoms with Crippen molar-refractivity contribution in [3.05, 3.63) is 57.7 Å². The van der Waals surface area contributed by atoms with Crippen molar-refractivity contribution >= 4 is 45.8 Å². The summed E-state index contributed by atoms with van der Waals surface area (Å²) in [6.07, 6.45) is 2.35. The Morgan fingerprint density at radius 3 is 2.44 bits per heavy atom. The zero-order valence-corrected chi connectivity index (χ0v) is 16.0. The smallest absolute Gasteiger partial charge is 0.252 e. The van der Waals surface area contributed by atoms with Crippen LogP contribution in [0.2, 0.25) is 0 Å². The molecule has 5 nitrogen and oxygen atoms in total. The first-order chi connectivity index (χ1) is 12.1. The number of halogens is 1. The summed E-state index contributed by atoms with van der Waals surface area (Å²) in [5.74, 6) is -0.473. The Balaban J connectivity index is 1.60. The zero-order valence-electron chi connectivity index (χ0n) is 13.8. The SMILES string of the molecule is O=C(CNC(=O)c1ccccc1I)Nc1ccccc1N1CCCC1. The molecule has 0 radical (unpaired) electrons. The molecule has 3 rings (SSSR count). The first-order valence-electron chi connectivity index (χ1n) is 8.32. The lowest BCUT2D eigenvalue weighted by atomic mass is 10.2. The predicted molar refractivity (Wildman–Crippen MR) is 108 cm³/mol. The third kappa shape index (κ3) is 4.50. The molecule has 0 bridgehead atoms. The minimum Gasteiger partial charge on any atom is -0.370 e. The molecule has 6 heteroatoms. The third-order valence-corrected chi connectivity index (χ3v) is 5.09. The minimum atomic E-state index is -0.243. The van der Waals surface area contributed by atoms with Crippen molar-refractivity contribution < 1.29 is 9.59 Å². The Morgan fingerprint density at radius 2 is 1.68 bits per heavy atom. The molecule has 1 fully saturated rings. The van der Waals surface area contributed by atoms with Crippen LogP contribution in [0, 0.1) is 3.57 Å².